The van der Waals surface area contributed by atoms with Crippen molar-refractivity contribution in [2.24, 2.45) is 0 Å². The van der Waals surface area contributed by atoms with E-state index in [1.165, 1.54) is 6.07 Å². The number of halogens is 2. The molecule has 0 radical (unpaired) electrons. The summed E-state index contributed by atoms with van der Waals surface area (Å²) >= 11 is 5.64. The molecular formula is C8H6ClFO2. The van der Waals surface area contributed by atoms with Crippen molar-refractivity contribution in [2.45, 2.75) is 6.92 Å². The second kappa shape index (κ2) is 3.54. The summed E-state index contributed by atoms with van der Waals surface area (Å²) in [6.45, 7) is 1.82. The fourth-order valence-corrected chi connectivity index (χ4v) is 1.14. The molecule has 1 aromatic carbocycles. The van der Waals surface area contributed by atoms with E-state index < -0.39 is 5.97 Å². The van der Waals surface area contributed by atoms with Gasteiger partial charge < -0.3 is 0 Å². The van der Waals surface area contributed by atoms with Crippen LogP contribution >= 0.6 is 11.6 Å². The van der Waals surface area contributed by atoms with Gasteiger partial charge in [-0.25, -0.2) is 9.74 Å². The first-order valence-corrected chi connectivity index (χ1v) is 3.62. The average molecular weight is 189 g/mol. The number of carbonyl (C=O) groups is 1. The minimum Gasteiger partial charge on any atom is -0.249 e. The van der Waals surface area contributed by atoms with E-state index in [9.17, 15) is 9.32 Å². The van der Waals surface area contributed by atoms with Gasteiger partial charge in [-0.2, -0.15) is 0 Å². The molecule has 64 valence electrons. The Labute approximate surface area is 73.8 Å². The zero-order chi connectivity index (χ0) is 9.14. The molecule has 0 unspecified atom stereocenters. The van der Waals surface area contributed by atoms with Gasteiger partial charge in [-0.05, 0) is 24.6 Å². The summed E-state index contributed by atoms with van der Waals surface area (Å²) in [7, 11) is 0. The molecule has 0 bridgehead atoms. The summed E-state index contributed by atoms with van der Waals surface area (Å²) in [4.78, 5) is 13.7. The largest absolute Gasteiger partial charge is 0.381 e. The fourth-order valence-electron chi connectivity index (χ4n) is 0.827. The van der Waals surface area contributed by atoms with Crippen molar-refractivity contribution in [3.05, 3.63) is 34.3 Å². The van der Waals surface area contributed by atoms with E-state index >= 15 is 0 Å². The van der Waals surface area contributed by atoms with Crippen LogP contribution in [0.3, 0.4) is 0 Å². The summed E-state index contributed by atoms with van der Waals surface area (Å²) in [5, 5.41) is 0.192. The molecule has 12 heavy (non-hydrogen) atoms. The third-order valence-electron chi connectivity index (χ3n) is 1.41. The van der Waals surface area contributed by atoms with Crippen molar-refractivity contribution in [1.82, 2.24) is 0 Å². The molecule has 1 aromatic rings. The Morgan fingerprint density at radius 2 is 2.25 bits per heavy atom. The minimum absolute atomic E-state index is 0.0322. The van der Waals surface area contributed by atoms with Crippen LogP contribution in [-0.4, -0.2) is 5.97 Å². The van der Waals surface area contributed by atoms with Crippen molar-refractivity contribution in [3.63, 3.8) is 0 Å². The van der Waals surface area contributed by atoms with Crippen LogP contribution in [0.2, 0.25) is 5.02 Å². The van der Waals surface area contributed by atoms with Gasteiger partial charge in [-0.3, -0.25) is 0 Å². The highest BCUT2D eigenvalue weighted by atomic mass is 35.5. The maximum atomic E-state index is 11.4. The maximum Gasteiger partial charge on any atom is 0.381 e. The van der Waals surface area contributed by atoms with Crippen LogP contribution < -0.4 is 0 Å². The van der Waals surface area contributed by atoms with E-state index in [1.54, 1.807) is 12.1 Å². The van der Waals surface area contributed by atoms with Crippen LogP contribution in [0.25, 0.3) is 0 Å². The average Bonchev–Trinajstić information content (AvgIpc) is 2.03. The lowest BCUT2D eigenvalue weighted by atomic mass is 10.1. The van der Waals surface area contributed by atoms with Gasteiger partial charge >= 0.3 is 5.97 Å². The van der Waals surface area contributed by atoms with E-state index in [4.69, 9.17) is 11.6 Å². The summed E-state index contributed by atoms with van der Waals surface area (Å²) in [5.74, 6) is -1.07. The number of carbonyl (C=O) groups excluding carboxylic acids is 1. The van der Waals surface area contributed by atoms with Gasteiger partial charge in [0.2, 0.25) is 0 Å². The van der Waals surface area contributed by atoms with Crippen molar-refractivity contribution >= 4 is 17.6 Å². The van der Waals surface area contributed by atoms with E-state index in [0.29, 0.717) is 0 Å². The zero-order valence-corrected chi connectivity index (χ0v) is 7.06. The summed E-state index contributed by atoms with van der Waals surface area (Å²) in [6, 6.07) is 4.63. The summed E-state index contributed by atoms with van der Waals surface area (Å²) in [6.07, 6.45) is 0. The molecule has 0 saturated heterocycles. The lowest BCUT2D eigenvalue weighted by molar-refractivity contribution is -0.0787. The molecular weight excluding hydrogens is 183 g/mol. The highest BCUT2D eigenvalue weighted by Gasteiger charge is 2.11. The molecule has 0 amide bonds. The predicted molar refractivity (Wildman–Crippen MR) is 42.7 cm³/mol. The molecule has 0 N–H and O–H groups in total. The molecule has 4 heteroatoms. The number of aryl methyl sites for hydroxylation is 1. The predicted octanol–water partition coefficient (Wildman–Crippen LogP) is 2.69. The van der Waals surface area contributed by atoms with Gasteiger partial charge in [-0.1, -0.05) is 17.7 Å². The molecule has 1 rings (SSSR count). The maximum absolute atomic E-state index is 11.4. The molecule has 2 nitrogen and oxygen atoms in total. The first-order chi connectivity index (χ1) is 5.65. The molecule has 0 atom stereocenters. The molecule has 0 spiro atoms. The normalized spacial score (nSPS) is 9.58. The second-order valence-electron chi connectivity index (χ2n) is 2.35. The van der Waals surface area contributed by atoms with Crippen molar-refractivity contribution < 1.29 is 14.3 Å². The lowest BCUT2D eigenvalue weighted by Gasteiger charge is -1.99. The van der Waals surface area contributed by atoms with Gasteiger partial charge in [0.1, 0.15) is 0 Å². The lowest BCUT2D eigenvalue weighted by Crippen LogP contribution is -1.99. The SMILES string of the molecule is Cc1ccc(C(=O)OF)c(Cl)c1. The third kappa shape index (κ3) is 1.74. The van der Waals surface area contributed by atoms with Gasteiger partial charge in [-0.15, -0.1) is 0 Å². The van der Waals surface area contributed by atoms with Gasteiger partial charge in [0.15, 0.2) is 0 Å². The van der Waals surface area contributed by atoms with Gasteiger partial charge in [0, 0.05) is 4.53 Å². The molecule has 0 fully saturated rings. The Bertz CT molecular complexity index is 312. The molecule has 0 heterocycles. The molecule has 0 aliphatic carbocycles. The highest BCUT2D eigenvalue weighted by molar-refractivity contribution is 6.33. The summed E-state index contributed by atoms with van der Waals surface area (Å²) in [5.41, 5.74) is 0.931. The monoisotopic (exact) mass is 188 g/mol. The summed E-state index contributed by atoms with van der Waals surface area (Å²) < 4.78 is 11.4. The van der Waals surface area contributed by atoms with Crippen molar-refractivity contribution in [2.75, 3.05) is 0 Å². The van der Waals surface area contributed by atoms with E-state index in [-0.39, 0.29) is 10.6 Å². The Balaban J connectivity index is 3.09. The van der Waals surface area contributed by atoms with Crippen molar-refractivity contribution in [1.29, 1.82) is 0 Å². The van der Waals surface area contributed by atoms with E-state index in [1.807, 2.05) is 6.92 Å². The second-order valence-corrected chi connectivity index (χ2v) is 2.76. The third-order valence-corrected chi connectivity index (χ3v) is 1.73. The Hall–Kier alpha value is -1.09. The zero-order valence-electron chi connectivity index (χ0n) is 6.30. The van der Waals surface area contributed by atoms with Crippen LogP contribution in [0.1, 0.15) is 15.9 Å². The van der Waals surface area contributed by atoms with Crippen LogP contribution in [0.5, 0.6) is 0 Å². The van der Waals surface area contributed by atoms with Gasteiger partial charge in [0.05, 0.1) is 10.6 Å². The topological polar surface area (TPSA) is 26.3 Å². The van der Waals surface area contributed by atoms with E-state index in [2.05, 4.69) is 4.94 Å². The van der Waals surface area contributed by atoms with Gasteiger partial charge in [0.25, 0.3) is 0 Å². The fraction of sp³-hybridized carbons (Fsp3) is 0.125. The highest BCUT2D eigenvalue weighted by Crippen LogP contribution is 2.18. The molecule has 0 saturated carbocycles. The van der Waals surface area contributed by atoms with E-state index in [0.717, 1.165) is 5.56 Å². The van der Waals surface area contributed by atoms with Crippen LogP contribution in [0, 0.1) is 6.92 Å². The number of rotatable bonds is 1. The molecule has 0 aliphatic heterocycles. The minimum atomic E-state index is -1.07. The Morgan fingerprint density at radius 1 is 1.58 bits per heavy atom. The first-order valence-electron chi connectivity index (χ1n) is 3.24. The quantitative estimate of drug-likeness (QED) is 0.677. The molecule has 0 aromatic heterocycles. The number of benzene rings is 1. The van der Waals surface area contributed by atoms with Crippen molar-refractivity contribution in [3.8, 4) is 0 Å². The first kappa shape index (κ1) is 9.00. The number of hydrogen-bond donors (Lipinski definition) is 0. The standard InChI is InChI=1S/C8H6ClFO2/c1-5-2-3-6(7(9)4-5)8(11)12-10/h2-4H,1H3. The van der Waals surface area contributed by atoms with Crippen LogP contribution in [0.4, 0.5) is 4.53 Å². The Kier molecular flexibility index (Phi) is 2.65. The smallest absolute Gasteiger partial charge is 0.249 e. The number of hydrogen-bond acceptors (Lipinski definition) is 2. The van der Waals surface area contributed by atoms with Crippen LogP contribution in [-0.2, 0) is 4.94 Å². The molecule has 0 aliphatic rings. The van der Waals surface area contributed by atoms with Crippen LogP contribution in [0.15, 0.2) is 18.2 Å². The Morgan fingerprint density at radius 3 is 2.75 bits per heavy atom.